The lowest BCUT2D eigenvalue weighted by atomic mass is 10.1. The van der Waals surface area contributed by atoms with E-state index in [1.807, 2.05) is 19.1 Å². The number of amides is 1. The number of carbonyl (C=O) groups is 1. The number of ether oxygens (including phenoxy) is 1. The summed E-state index contributed by atoms with van der Waals surface area (Å²) in [4.78, 5) is 13.4. The molecule has 1 aliphatic carbocycles. The van der Waals surface area contributed by atoms with Crippen molar-refractivity contribution in [3.05, 3.63) is 70.9 Å². The predicted molar refractivity (Wildman–Crippen MR) is 114 cm³/mol. The van der Waals surface area contributed by atoms with Crippen LogP contribution in [0.15, 0.2) is 65.3 Å². The quantitative estimate of drug-likeness (QED) is 0.428. The first kappa shape index (κ1) is 21.5. The average molecular weight is 403 g/mol. The van der Waals surface area contributed by atoms with Crippen LogP contribution in [-0.4, -0.2) is 28.9 Å². The molecule has 1 amide bonds. The zero-order valence-electron chi connectivity index (χ0n) is 16.2. The van der Waals surface area contributed by atoms with Crippen molar-refractivity contribution >= 4 is 22.6 Å². The highest BCUT2D eigenvalue weighted by Crippen LogP contribution is 2.26. The number of methoxy groups -OCH3 is 1. The van der Waals surface area contributed by atoms with Crippen molar-refractivity contribution in [2.45, 2.75) is 26.2 Å². The molecule has 1 aromatic rings. The number of allylic oxidation sites excluding steroid dienone is 6. The summed E-state index contributed by atoms with van der Waals surface area (Å²) < 4.78 is 20.8. The Morgan fingerprint density at radius 1 is 1.36 bits per heavy atom. The van der Waals surface area contributed by atoms with E-state index in [-0.39, 0.29) is 24.6 Å². The van der Waals surface area contributed by atoms with Crippen molar-refractivity contribution in [1.82, 2.24) is 5.32 Å². The van der Waals surface area contributed by atoms with Gasteiger partial charge in [0.25, 0.3) is 5.91 Å². The molecular weight excluding hydrogens is 376 g/mol. The molecule has 6 nitrogen and oxygen atoms in total. The molecule has 1 aromatic carbocycles. The van der Waals surface area contributed by atoms with Crippen LogP contribution < -0.4 is 14.8 Å². The number of benzene rings is 1. The first-order chi connectivity index (χ1) is 13.4. The van der Waals surface area contributed by atoms with E-state index in [1.165, 1.54) is 24.8 Å². The van der Waals surface area contributed by atoms with Crippen LogP contribution in [0, 0.1) is 0 Å². The zero-order valence-corrected chi connectivity index (χ0v) is 17.0. The summed E-state index contributed by atoms with van der Waals surface area (Å²) in [6, 6.07) is 4.97. The van der Waals surface area contributed by atoms with Gasteiger partial charge in [-0.25, -0.2) is 4.21 Å². The summed E-state index contributed by atoms with van der Waals surface area (Å²) in [5.41, 5.74) is 2.02. The fourth-order valence-corrected chi connectivity index (χ4v) is 3.58. The maximum Gasteiger partial charge on any atom is 0.253 e. The molecule has 3 N–H and O–H groups in total. The van der Waals surface area contributed by atoms with Gasteiger partial charge in [-0.15, -0.1) is 0 Å². The lowest BCUT2D eigenvalue weighted by Crippen LogP contribution is -2.26. The minimum atomic E-state index is -1.44. The van der Waals surface area contributed by atoms with Gasteiger partial charge >= 0.3 is 0 Å². The first-order valence-electron chi connectivity index (χ1n) is 8.96. The summed E-state index contributed by atoms with van der Waals surface area (Å²) in [6.45, 7) is 5.80. The average Bonchev–Trinajstić information content (AvgIpc) is 2.68. The molecule has 0 spiro atoms. The molecule has 0 aromatic heterocycles. The van der Waals surface area contributed by atoms with Crippen molar-refractivity contribution in [1.29, 1.82) is 0 Å². The van der Waals surface area contributed by atoms with Crippen LogP contribution in [0.5, 0.6) is 5.75 Å². The smallest absolute Gasteiger partial charge is 0.253 e. The van der Waals surface area contributed by atoms with Gasteiger partial charge in [0.1, 0.15) is 16.7 Å². The second-order valence-corrected chi connectivity index (χ2v) is 7.59. The topological polar surface area (TPSA) is 87.7 Å². The maximum atomic E-state index is 12.7. The van der Waals surface area contributed by atoms with Crippen LogP contribution in [0.3, 0.4) is 0 Å². The Morgan fingerprint density at radius 2 is 2.14 bits per heavy atom. The van der Waals surface area contributed by atoms with Crippen LogP contribution in [0.2, 0.25) is 0 Å². The fourth-order valence-electron chi connectivity index (χ4n) is 2.59. The van der Waals surface area contributed by atoms with Crippen LogP contribution in [0.1, 0.15) is 36.5 Å². The minimum Gasteiger partial charge on any atom is -0.512 e. The third kappa shape index (κ3) is 6.13. The second kappa shape index (κ2) is 10.5. The molecule has 1 atom stereocenters. The summed E-state index contributed by atoms with van der Waals surface area (Å²) in [6.07, 6.45) is 8.65. The highest BCUT2D eigenvalue weighted by Gasteiger charge is 2.17. The lowest BCUT2D eigenvalue weighted by Gasteiger charge is -2.16. The van der Waals surface area contributed by atoms with Gasteiger partial charge < -0.3 is 19.9 Å². The van der Waals surface area contributed by atoms with Crippen LogP contribution in [-0.2, 0) is 11.0 Å². The van der Waals surface area contributed by atoms with Crippen LogP contribution in [0.25, 0.3) is 0 Å². The standard InChI is InChI=1S/C21H26N2O4S/c1-4-5-16(24)12-13-22-21(25)19-14-17(27-3)8-11-20(19)23-28(26)18-9-6-15(2)7-10-18/h4-6,8-9,11,14,23-24H,1,7,10,12-13H2,2-3H3,(H,22,25)/b16-5-. The number of hydrogen-bond donors (Lipinski definition) is 3. The molecule has 0 heterocycles. The van der Waals surface area contributed by atoms with Crippen molar-refractivity contribution in [2.24, 2.45) is 0 Å². The third-order valence-electron chi connectivity index (χ3n) is 4.21. The molecule has 2 rings (SSSR count). The Bertz CT molecular complexity index is 856. The number of nitrogens with one attached hydrogen (secondary N) is 2. The lowest BCUT2D eigenvalue weighted by molar-refractivity contribution is 0.0954. The van der Waals surface area contributed by atoms with Crippen LogP contribution in [0.4, 0.5) is 5.69 Å². The van der Waals surface area contributed by atoms with E-state index in [4.69, 9.17) is 4.74 Å². The molecule has 28 heavy (non-hydrogen) atoms. The molecule has 1 aliphatic rings. The molecule has 0 fully saturated rings. The van der Waals surface area contributed by atoms with Gasteiger partial charge in [0.05, 0.1) is 24.1 Å². The molecule has 1 unspecified atom stereocenters. The molecule has 0 saturated carbocycles. The van der Waals surface area contributed by atoms with Gasteiger partial charge in [-0.1, -0.05) is 24.3 Å². The molecule has 7 heteroatoms. The predicted octanol–water partition coefficient (Wildman–Crippen LogP) is 4.14. The number of aliphatic hydroxyl groups is 1. The van der Waals surface area contributed by atoms with Crippen molar-refractivity contribution in [3.8, 4) is 5.75 Å². The van der Waals surface area contributed by atoms with E-state index >= 15 is 0 Å². The highest BCUT2D eigenvalue weighted by atomic mass is 32.2. The van der Waals surface area contributed by atoms with E-state index < -0.39 is 11.0 Å². The van der Waals surface area contributed by atoms with Gasteiger partial charge in [0.2, 0.25) is 0 Å². The summed E-state index contributed by atoms with van der Waals surface area (Å²) in [5, 5.41) is 12.4. The van der Waals surface area contributed by atoms with E-state index in [0.29, 0.717) is 23.4 Å². The summed E-state index contributed by atoms with van der Waals surface area (Å²) >= 11 is 0. The van der Waals surface area contributed by atoms with Gasteiger partial charge in [0, 0.05) is 17.9 Å². The normalized spacial score (nSPS) is 15.1. The van der Waals surface area contributed by atoms with E-state index in [2.05, 4.69) is 16.6 Å². The summed E-state index contributed by atoms with van der Waals surface area (Å²) in [7, 11) is 0.0778. The molecule has 0 saturated heterocycles. The molecule has 0 radical (unpaired) electrons. The number of carbonyl (C=O) groups excluding carboxylic acids is 1. The second-order valence-electron chi connectivity index (χ2n) is 6.33. The number of anilines is 1. The summed E-state index contributed by atoms with van der Waals surface area (Å²) in [5.74, 6) is 0.303. The Balaban J connectivity index is 2.14. The first-order valence-corrected chi connectivity index (χ1v) is 10.1. The Labute approximate surface area is 168 Å². The van der Waals surface area contributed by atoms with Crippen LogP contribution >= 0.6 is 0 Å². The Kier molecular flexibility index (Phi) is 8.07. The maximum absolute atomic E-state index is 12.7. The minimum absolute atomic E-state index is 0.132. The van der Waals surface area contributed by atoms with Gasteiger partial charge in [-0.05, 0) is 50.1 Å². The van der Waals surface area contributed by atoms with Crippen molar-refractivity contribution in [2.75, 3.05) is 18.4 Å². The van der Waals surface area contributed by atoms with Crippen molar-refractivity contribution < 1.29 is 18.8 Å². The Hall–Kier alpha value is -2.80. The van der Waals surface area contributed by atoms with E-state index in [0.717, 1.165) is 11.3 Å². The number of aliphatic hydroxyl groups excluding tert-OH is 1. The fraction of sp³-hybridized carbons (Fsp3) is 0.286. The van der Waals surface area contributed by atoms with Gasteiger partial charge in [-0.3, -0.25) is 4.79 Å². The monoisotopic (exact) mass is 402 g/mol. The number of rotatable bonds is 9. The molecule has 0 bridgehead atoms. The number of hydrogen-bond acceptors (Lipinski definition) is 4. The van der Waals surface area contributed by atoms with Crippen molar-refractivity contribution in [3.63, 3.8) is 0 Å². The zero-order chi connectivity index (χ0) is 20.5. The molecular formula is C21H26N2O4S. The van der Waals surface area contributed by atoms with Gasteiger partial charge in [-0.2, -0.15) is 0 Å². The SMILES string of the molecule is C=C/C=C(\O)CCNC(=O)c1cc(OC)ccc1NS(=O)C1=CC=C(C)CC1. The van der Waals surface area contributed by atoms with E-state index in [9.17, 15) is 14.1 Å². The Morgan fingerprint density at radius 3 is 2.79 bits per heavy atom. The highest BCUT2D eigenvalue weighted by molar-refractivity contribution is 7.90. The van der Waals surface area contributed by atoms with Gasteiger partial charge in [0.15, 0.2) is 0 Å². The largest absolute Gasteiger partial charge is 0.512 e. The molecule has 0 aliphatic heterocycles. The van der Waals surface area contributed by atoms with E-state index in [1.54, 1.807) is 18.2 Å². The molecule has 150 valence electrons. The third-order valence-corrected chi connectivity index (χ3v) is 5.43.